The van der Waals surface area contributed by atoms with Gasteiger partial charge in [-0.15, -0.1) is 4.40 Å². The summed E-state index contributed by atoms with van der Waals surface area (Å²) in [6.45, 7) is 8.42. The van der Waals surface area contributed by atoms with Gasteiger partial charge in [-0.05, 0) is 103 Å². The van der Waals surface area contributed by atoms with Gasteiger partial charge in [0, 0.05) is 30.4 Å². The molecule has 0 radical (unpaired) electrons. The van der Waals surface area contributed by atoms with Gasteiger partial charge in [0.05, 0.1) is 49.6 Å². The fourth-order valence-electron chi connectivity index (χ4n) is 11.1. The predicted octanol–water partition coefficient (Wildman–Crippen LogP) is 7.39. The molecule has 0 bridgehead atoms. The highest BCUT2D eigenvalue weighted by Crippen LogP contribution is 2.53. The lowest BCUT2D eigenvalue weighted by molar-refractivity contribution is -0.135. The third-order valence-corrected chi connectivity index (χ3v) is 16.0. The number of amidine groups is 1. The van der Waals surface area contributed by atoms with Gasteiger partial charge in [-0.1, -0.05) is 70.9 Å². The van der Waals surface area contributed by atoms with Gasteiger partial charge in [-0.2, -0.15) is 8.42 Å². The van der Waals surface area contributed by atoms with Gasteiger partial charge < -0.3 is 40.2 Å². The minimum Gasteiger partial charge on any atom is -0.453 e. The number of aromatic nitrogens is 3. The summed E-state index contributed by atoms with van der Waals surface area (Å²) in [5.41, 5.74) is 8.49. The Labute approximate surface area is 397 Å². The maximum Gasteiger partial charge on any atom is 0.407 e. The normalized spacial score (nSPS) is 21.0. The van der Waals surface area contributed by atoms with Gasteiger partial charge >= 0.3 is 12.2 Å². The van der Waals surface area contributed by atoms with E-state index in [0.717, 1.165) is 72.2 Å². The first-order valence-electron chi connectivity index (χ1n) is 23.8. The number of methoxy groups -OCH3 is 2. The molecule has 3 aliphatic heterocycles. The molecule has 17 nitrogen and oxygen atoms in total. The minimum atomic E-state index is -4.11. The summed E-state index contributed by atoms with van der Waals surface area (Å²) in [4.78, 5) is 68.7. The number of rotatable bonds is 11. The molecule has 4 atom stereocenters. The van der Waals surface area contributed by atoms with Crippen LogP contribution >= 0.6 is 0 Å². The van der Waals surface area contributed by atoms with Gasteiger partial charge in [-0.3, -0.25) is 14.6 Å². The summed E-state index contributed by atoms with van der Waals surface area (Å²) in [5, 5.41) is 8.68. The highest BCUT2D eigenvalue weighted by molar-refractivity contribution is 7.90. The SMILES string of the molecule is COC(=O)N[C@H](C(=O)N1CCCC1c1ncc(-c2ccc(-c3ncc(-c4ccc5c(c4)NC([C@@H]4CCCN4C(=O)[C@@H](NC(=O)OC)C(C)C)=NS5(=O)=O)c4c3CC3(CCCC3)C4)cc2)[nH]1)C(C)C. The predicted molar refractivity (Wildman–Crippen MR) is 256 cm³/mol. The van der Waals surface area contributed by atoms with Crippen molar-refractivity contribution in [2.24, 2.45) is 21.6 Å². The van der Waals surface area contributed by atoms with Crippen LogP contribution in [0.25, 0.3) is 33.6 Å². The lowest BCUT2D eigenvalue weighted by Crippen LogP contribution is -2.54. The molecule has 1 saturated carbocycles. The smallest absolute Gasteiger partial charge is 0.407 e. The lowest BCUT2D eigenvalue weighted by Gasteiger charge is -2.32. The Kier molecular flexibility index (Phi) is 12.8. The molecule has 68 heavy (non-hydrogen) atoms. The molecule has 4 N–H and O–H groups in total. The second-order valence-electron chi connectivity index (χ2n) is 19.7. The molecule has 1 unspecified atom stereocenters. The van der Waals surface area contributed by atoms with E-state index in [9.17, 15) is 27.6 Å². The van der Waals surface area contributed by atoms with Crippen LogP contribution in [0.4, 0.5) is 15.3 Å². The zero-order chi connectivity index (χ0) is 48.1. The number of imidazole rings is 1. The van der Waals surface area contributed by atoms with Crippen LogP contribution in [0, 0.1) is 17.3 Å². The zero-order valence-electron chi connectivity index (χ0n) is 39.6. The van der Waals surface area contributed by atoms with Crippen LogP contribution in [0.2, 0.25) is 0 Å². The Morgan fingerprint density at radius 1 is 0.735 bits per heavy atom. The number of carbonyl (C=O) groups is 4. The molecular formula is C50H61N9O8S. The fraction of sp³-hybridized carbons (Fsp3) is 0.500. The van der Waals surface area contributed by atoms with Crippen molar-refractivity contribution in [3.63, 3.8) is 0 Å². The van der Waals surface area contributed by atoms with Crippen molar-refractivity contribution < 1.29 is 37.1 Å². The molecule has 5 aliphatic rings. The molecule has 9 rings (SSSR count). The highest BCUT2D eigenvalue weighted by Gasteiger charge is 2.44. The summed E-state index contributed by atoms with van der Waals surface area (Å²) >= 11 is 0. The van der Waals surface area contributed by atoms with Crippen molar-refractivity contribution in [2.75, 3.05) is 32.6 Å². The van der Waals surface area contributed by atoms with E-state index in [-0.39, 0.29) is 45.8 Å². The number of ether oxygens (including phenoxy) is 2. The minimum absolute atomic E-state index is 0.0630. The summed E-state index contributed by atoms with van der Waals surface area (Å²) in [6, 6.07) is 11.2. The summed E-state index contributed by atoms with van der Waals surface area (Å²) in [6.07, 6.45) is 11.6. The van der Waals surface area contributed by atoms with Crippen molar-refractivity contribution in [3.8, 4) is 33.6 Å². The average molecular weight is 948 g/mol. The van der Waals surface area contributed by atoms with Crippen molar-refractivity contribution >= 4 is 45.5 Å². The van der Waals surface area contributed by atoms with Gasteiger partial charge in [0.2, 0.25) is 11.8 Å². The zero-order valence-corrected chi connectivity index (χ0v) is 40.4. The number of anilines is 1. The van der Waals surface area contributed by atoms with E-state index in [1.54, 1.807) is 22.1 Å². The molecular weight excluding hydrogens is 887 g/mol. The number of hydrogen-bond donors (Lipinski definition) is 4. The quantitative estimate of drug-likeness (QED) is 0.116. The van der Waals surface area contributed by atoms with E-state index in [2.05, 4.69) is 49.6 Å². The van der Waals surface area contributed by atoms with E-state index >= 15 is 0 Å². The Balaban J connectivity index is 0.975. The Morgan fingerprint density at radius 2 is 1.31 bits per heavy atom. The number of hydrogen-bond acceptors (Lipinski definition) is 11. The van der Waals surface area contributed by atoms with E-state index in [1.807, 2.05) is 46.0 Å². The number of nitrogens with zero attached hydrogens (tertiary/aromatic N) is 5. The van der Waals surface area contributed by atoms with Crippen LogP contribution < -0.4 is 16.0 Å². The van der Waals surface area contributed by atoms with Crippen molar-refractivity contribution in [2.45, 2.75) is 121 Å². The van der Waals surface area contributed by atoms with Crippen molar-refractivity contribution in [3.05, 3.63) is 71.8 Å². The molecule has 2 aromatic heterocycles. The second-order valence-corrected chi connectivity index (χ2v) is 21.3. The Hall–Kier alpha value is -6.30. The molecule has 4 amide bonds. The third kappa shape index (κ3) is 8.82. The maximum absolute atomic E-state index is 13.9. The number of alkyl carbamates (subject to hydrolysis) is 2. The van der Waals surface area contributed by atoms with Crippen LogP contribution in [0.15, 0.2) is 64.2 Å². The van der Waals surface area contributed by atoms with Crippen molar-refractivity contribution in [1.29, 1.82) is 0 Å². The van der Waals surface area contributed by atoms with Gasteiger partial charge in [0.1, 0.15) is 28.6 Å². The number of pyridine rings is 1. The molecule has 5 heterocycles. The standard InChI is InChI=1S/C50H61N9O8S/c1-28(2)41(55-48(62)66-5)46(60)58-21-9-11-38(58)44-52-27-37(54-44)30-13-15-31(16-14-30)43-34-25-50(19-7-8-20-50)24-33(34)35(26-51-43)32-17-18-40-36(23-32)53-45(57-68(40,64)65)39-12-10-22-59(39)47(61)42(29(3)4)56-49(63)67-6/h13-18,23,26-29,38-39,41-42H,7-12,19-22,24-25H2,1-6H3,(H,52,54)(H,53,57)(H,55,62)(H,56,63)/t38?,39-,41-,42-/m0/s1. The van der Waals surface area contributed by atoms with E-state index < -0.39 is 40.3 Å². The van der Waals surface area contributed by atoms with Crippen LogP contribution in [0.1, 0.15) is 102 Å². The number of nitrogens with one attached hydrogen (secondary N) is 4. The molecule has 1 spiro atoms. The number of aromatic amines is 1. The highest BCUT2D eigenvalue weighted by atomic mass is 32.2. The average Bonchev–Trinajstić information content (AvgIpc) is 4.19. The monoisotopic (exact) mass is 947 g/mol. The Morgan fingerprint density at radius 3 is 1.93 bits per heavy atom. The maximum atomic E-state index is 13.9. The Bertz CT molecular complexity index is 2760. The van der Waals surface area contributed by atoms with Gasteiger partial charge in [-0.25, -0.2) is 14.6 Å². The molecule has 4 aromatic rings. The first kappa shape index (κ1) is 46.8. The van der Waals surface area contributed by atoms with Crippen molar-refractivity contribution in [1.82, 2.24) is 35.4 Å². The molecule has 3 fully saturated rings. The first-order chi connectivity index (χ1) is 32.6. The number of likely N-dealkylation sites (tertiary alicyclic amines) is 2. The van der Waals surface area contributed by atoms with Crippen LogP contribution in [-0.4, -0.2) is 108 Å². The number of fused-ring (bicyclic) bond motifs is 2. The van der Waals surface area contributed by atoms with Gasteiger partial charge in [0.15, 0.2) is 0 Å². The third-order valence-electron chi connectivity index (χ3n) is 14.7. The van der Waals surface area contributed by atoms with Gasteiger partial charge in [0.25, 0.3) is 10.0 Å². The van der Waals surface area contributed by atoms with Crippen LogP contribution in [-0.2, 0) is 41.9 Å². The largest absolute Gasteiger partial charge is 0.453 e. The molecule has 2 aromatic carbocycles. The summed E-state index contributed by atoms with van der Waals surface area (Å²) in [5.74, 6) is 0.0275. The van der Waals surface area contributed by atoms with E-state index in [4.69, 9.17) is 19.4 Å². The summed E-state index contributed by atoms with van der Waals surface area (Å²) in [7, 11) is -1.58. The molecule has 360 valence electrons. The number of benzene rings is 2. The van der Waals surface area contributed by atoms with E-state index in [0.29, 0.717) is 37.4 Å². The lowest BCUT2D eigenvalue weighted by atomic mass is 9.82. The summed E-state index contributed by atoms with van der Waals surface area (Å²) < 4.78 is 41.4. The van der Waals surface area contributed by atoms with Crippen LogP contribution in [0.3, 0.4) is 0 Å². The number of amides is 4. The molecule has 18 heteroatoms. The number of H-pyrrole nitrogens is 1. The topological polar surface area (TPSA) is 217 Å². The second kappa shape index (κ2) is 18.7. The molecule has 2 saturated heterocycles. The fourth-order valence-corrected chi connectivity index (χ4v) is 12.3. The molecule has 2 aliphatic carbocycles. The number of carbonyl (C=O) groups excluding carboxylic acids is 4. The van der Waals surface area contributed by atoms with Crippen LogP contribution in [0.5, 0.6) is 0 Å². The first-order valence-corrected chi connectivity index (χ1v) is 25.3. The van der Waals surface area contributed by atoms with E-state index in [1.165, 1.54) is 38.2 Å². The number of sulfonamides is 1.